The Morgan fingerprint density at radius 2 is 1.96 bits per heavy atom. The molecular formula is C19H24N2O2. The zero-order chi connectivity index (χ0) is 16.1. The van der Waals surface area contributed by atoms with Gasteiger partial charge in [-0.1, -0.05) is 37.3 Å². The topological polar surface area (TPSA) is 45.5 Å². The number of hydrogen-bond donors (Lipinski definition) is 1. The molecule has 1 saturated heterocycles. The van der Waals surface area contributed by atoms with E-state index in [1.807, 2.05) is 42.5 Å². The van der Waals surface area contributed by atoms with E-state index >= 15 is 0 Å². The van der Waals surface area contributed by atoms with Crippen LogP contribution >= 0.6 is 0 Å². The zero-order valence-electron chi connectivity index (χ0n) is 13.6. The van der Waals surface area contributed by atoms with Gasteiger partial charge in [0.25, 0.3) is 0 Å². The van der Waals surface area contributed by atoms with Gasteiger partial charge in [0.2, 0.25) is 5.91 Å². The van der Waals surface area contributed by atoms with Crippen LogP contribution in [0.25, 0.3) is 0 Å². The van der Waals surface area contributed by atoms with Crippen molar-refractivity contribution < 1.29 is 9.21 Å². The zero-order valence-corrected chi connectivity index (χ0v) is 13.6. The summed E-state index contributed by atoms with van der Waals surface area (Å²) in [4.78, 5) is 14.7. The number of piperidine rings is 1. The quantitative estimate of drug-likeness (QED) is 0.922. The number of benzene rings is 1. The maximum Gasteiger partial charge on any atom is 0.235 e. The van der Waals surface area contributed by atoms with Gasteiger partial charge in [0, 0.05) is 0 Å². The molecule has 1 unspecified atom stereocenters. The first-order valence-corrected chi connectivity index (χ1v) is 8.32. The molecule has 0 saturated carbocycles. The Hall–Kier alpha value is -2.07. The molecule has 3 rings (SSSR count). The third kappa shape index (κ3) is 4.23. The molecule has 4 heteroatoms. The van der Waals surface area contributed by atoms with E-state index in [-0.39, 0.29) is 11.9 Å². The van der Waals surface area contributed by atoms with Crippen LogP contribution < -0.4 is 5.32 Å². The molecule has 1 aromatic carbocycles. The summed E-state index contributed by atoms with van der Waals surface area (Å²) in [5.41, 5.74) is 1.03. The van der Waals surface area contributed by atoms with Gasteiger partial charge >= 0.3 is 0 Å². The van der Waals surface area contributed by atoms with Crippen LogP contribution in [0.4, 0.5) is 0 Å². The molecule has 0 aliphatic carbocycles. The van der Waals surface area contributed by atoms with Crippen molar-refractivity contribution in [3.05, 3.63) is 60.1 Å². The van der Waals surface area contributed by atoms with E-state index in [1.165, 1.54) is 12.8 Å². The fourth-order valence-electron chi connectivity index (χ4n) is 3.05. The first-order valence-electron chi connectivity index (χ1n) is 8.32. The predicted molar refractivity (Wildman–Crippen MR) is 90.0 cm³/mol. The molecule has 0 bridgehead atoms. The minimum atomic E-state index is -0.234. The van der Waals surface area contributed by atoms with Gasteiger partial charge in [-0.3, -0.25) is 9.69 Å². The monoisotopic (exact) mass is 312 g/mol. The maximum atomic E-state index is 12.5. The highest BCUT2D eigenvalue weighted by molar-refractivity contribution is 5.79. The van der Waals surface area contributed by atoms with Crippen LogP contribution in [0, 0.1) is 5.92 Å². The summed E-state index contributed by atoms with van der Waals surface area (Å²) in [6.45, 7) is 4.74. The van der Waals surface area contributed by atoms with Crippen molar-refractivity contribution in [3.63, 3.8) is 0 Å². The van der Waals surface area contributed by atoms with Crippen LogP contribution in [0.5, 0.6) is 0 Å². The molecule has 0 radical (unpaired) electrons. The van der Waals surface area contributed by atoms with Crippen LogP contribution in [0.1, 0.15) is 37.1 Å². The van der Waals surface area contributed by atoms with Crippen molar-refractivity contribution >= 4 is 5.91 Å². The van der Waals surface area contributed by atoms with Crippen molar-refractivity contribution in [1.29, 1.82) is 0 Å². The lowest BCUT2D eigenvalue weighted by Crippen LogP contribution is -2.42. The summed E-state index contributed by atoms with van der Waals surface area (Å²) >= 11 is 0. The Balaban J connectivity index is 1.65. The highest BCUT2D eigenvalue weighted by Crippen LogP contribution is 2.22. The molecule has 1 aliphatic rings. The number of carbonyl (C=O) groups is 1. The molecule has 0 spiro atoms. The fourth-order valence-corrected chi connectivity index (χ4v) is 3.05. The first kappa shape index (κ1) is 15.8. The van der Waals surface area contributed by atoms with Crippen LogP contribution in [0.15, 0.2) is 53.1 Å². The second-order valence-corrected chi connectivity index (χ2v) is 6.39. The summed E-state index contributed by atoms with van der Waals surface area (Å²) in [6.07, 6.45) is 3.99. The average Bonchev–Trinajstić information content (AvgIpc) is 3.10. The van der Waals surface area contributed by atoms with E-state index in [0.717, 1.165) is 30.3 Å². The van der Waals surface area contributed by atoms with Crippen LogP contribution in [0.2, 0.25) is 0 Å². The number of hydrogen-bond acceptors (Lipinski definition) is 3. The molecule has 1 aromatic heterocycles. The number of nitrogens with zero attached hydrogens (tertiary/aromatic N) is 1. The largest absolute Gasteiger partial charge is 0.467 e. The highest BCUT2D eigenvalue weighted by Gasteiger charge is 2.22. The molecule has 2 heterocycles. The van der Waals surface area contributed by atoms with E-state index in [4.69, 9.17) is 4.42 Å². The van der Waals surface area contributed by atoms with E-state index in [2.05, 4.69) is 17.1 Å². The summed E-state index contributed by atoms with van der Waals surface area (Å²) in [5, 5.41) is 3.12. The highest BCUT2D eigenvalue weighted by atomic mass is 16.3. The molecule has 23 heavy (non-hydrogen) atoms. The SMILES string of the molecule is CC1CCN(CC(=O)NC(c2ccccc2)c2ccco2)CC1. The lowest BCUT2D eigenvalue weighted by atomic mass is 9.99. The van der Waals surface area contributed by atoms with Gasteiger partial charge in [0.05, 0.1) is 12.8 Å². The molecule has 122 valence electrons. The van der Waals surface area contributed by atoms with E-state index < -0.39 is 0 Å². The summed E-state index contributed by atoms with van der Waals surface area (Å²) in [7, 11) is 0. The average molecular weight is 312 g/mol. The number of nitrogens with one attached hydrogen (secondary N) is 1. The van der Waals surface area contributed by atoms with Crippen molar-refractivity contribution in [2.45, 2.75) is 25.8 Å². The minimum absolute atomic E-state index is 0.0461. The van der Waals surface area contributed by atoms with Gasteiger partial charge < -0.3 is 9.73 Å². The summed E-state index contributed by atoms with van der Waals surface area (Å²) in [6, 6.07) is 13.5. The van der Waals surface area contributed by atoms with Crippen molar-refractivity contribution in [2.75, 3.05) is 19.6 Å². The van der Waals surface area contributed by atoms with Crippen molar-refractivity contribution in [1.82, 2.24) is 10.2 Å². The van der Waals surface area contributed by atoms with Gasteiger partial charge in [-0.25, -0.2) is 0 Å². The smallest absolute Gasteiger partial charge is 0.235 e. The molecule has 2 aromatic rings. The van der Waals surface area contributed by atoms with Gasteiger partial charge in [-0.2, -0.15) is 0 Å². The Morgan fingerprint density at radius 1 is 1.22 bits per heavy atom. The van der Waals surface area contributed by atoms with Crippen LogP contribution in [-0.2, 0) is 4.79 Å². The number of furan rings is 1. The summed E-state index contributed by atoms with van der Waals surface area (Å²) < 4.78 is 5.53. The summed E-state index contributed by atoms with van der Waals surface area (Å²) in [5.74, 6) is 1.58. The molecular weight excluding hydrogens is 288 g/mol. The Morgan fingerprint density at radius 3 is 2.61 bits per heavy atom. The second kappa shape index (κ2) is 7.47. The molecule has 4 nitrogen and oxygen atoms in total. The van der Waals surface area contributed by atoms with Crippen molar-refractivity contribution in [2.24, 2.45) is 5.92 Å². The Bertz CT molecular complexity index is 602. The molecule has 1 fully saturated rings. The predicted octanol–water partition coefficient (Wildman–Crippen LogP) is 3.22. The first-order chi connectivity index (χ1) is 11.2. The van der Waals surface area contributed by atoms with Crippen molar-refractivity contribution in [3.8, 4) is 0 Å². The Kier molecular flexibility index (Phi) is 5.13. The van der Waals surface area contributed by atoms with Crippen LogP contribution in [-0.4, -0.2) is 30.4 Å². The normalized spacial score (nSPS) is 17.8. The van der Waals surface area contributed by atoms with Gasteiger partial charge in [-0.15, -0.1) is 0 Å². The number of amides is 1. The van der Waals surface area contributed by atoms with Gasteiger partial charge in [-0.05, 0) is 49.5 Å². The van der Waals surface area contributed by atoms with E-state index in [9.17, 15) is 4.79 Å². The van der Waals surface area contributed by atoms with Gasteiger partial charge in [0.1, 0.15) is 11.8 Å². The number of likely N-dealkylation sites (tertiary alicyclic amines) is 1. The third-order valence-corrected chi connectivity index (χ3v) is 4.51. The molecule has 1 N–H and O–H groups in total. The van der Waals surface area contributed by atoms with E-state index in [1.54, 1.807) is 6.26 Å². The Labute approximate surface area is 137 Å². The maximum absolute atomic E-state index is 12.5. The van der Waals surface area contributed by atoms with Gasteiger partial charge in [0.15, 0.2) is 0 Å². The van der Waals surface area contributed by atoms with E-state index in [0.29, 0.717) is 6.54 Å². The fraction of sp³-hybridized carbons (Fsp3) is 0.421. The lowest BCUT2D eigenvalue weighted by Gasteiger charge is -2.30. The number of carbonyl (C=O) groups excluding carboxylic acids is 1. The third-order valence-electron chi connectivity index (χ3n) is 4.51. The number of rotatable bonds is 5. The molecule has 1 atom stereocenters. The molecule has 1 amide bonds. The minimum Gasteiger partial charge on any atom is -0.467 e. The lowest BCUT2D eigenvalue weighted by molar-refractivity contribution is -0.123. The standard InChI is InChI=1S/C19H24N2O2/c1-15-9-11-21(12-10-15)14-18(22)20-19(17-8-5-13-23-17)16-6-3-2-4-7-16/h2-8,13,15,19H,9-12,14H2,1H3,(H,20,22). The second-order valence-electron chi connectivity index (χ2n) is 6.39. The molecule has 1 aliphatic heterocycles. The van der Waals surface area contributed by atoms with Crippen LogP contribution in [0.3, 0.4) is 0 Å².